The van der Waals surface area contributed by atoms with Gasteiger partial charge in [-0.05, 0) is 19.1 Å². The number of nitrogens with one attached hydrogen (secondary N) is 1. The molecule has 0 spiro atoms. The molecule has 3 N–H and O–H groups in total. The quantitative estimate of drug-likeness (QED) is 0.233. The molecule has 1 aromatic heterocycles. The number of aromatic nitrogens is 2. The number of hydrogen-bond donors (Lipinski definition) is 2. The number of para-hydroxylation sites is 1. The molecule has 15 heteroatoms. The van der Waals surface area contributed by atoms with Gasteiger partial charge in [-0.3, -0.25) is 13.9 Å². The van der Waals surface area contributed by atoms with Gasteiger partial charge in [0.15, 0.2) is 11.6 Å². The smallest absolute Gasteiger partial charge is 0.459 e. The molecule has 0 saturated carbocycles. The summed E-state index contributed by atoms with van der Waals surface area (Å²) < 4.78 is 55.0. The Balaban J connectivity index is 1.65. The highest BCUT2D eigenvalue weighted by atomic mass is 32.2. The van der Waals surface area contributed by atoms with Gasteiger partial charge < -0.3 is 24.5 Å². The molecule has 1 saturated heterocycles. The summed E-state index contributed by atoms with van der Waals surface area (Å²) in [7, 11) is -2.62. The van der Waals surface area contributed by atoms with E-state index < -0.39 is 48.7 Å². The lowest BCUT2D eigenvalue weighted by molar-refractivity contribution is -0.146. The number of halogens is 1. The second kappa shape index (κ2) is 12.5. The highest BCUT2D eigenvalue weighted by molar-refractivity contribution is 8.00. The Morgan fingerprint density at radius 3 is 2.86 bits per heavy atom. The van der Waals surface area contributed by atoms with Gasteiger partial charge in [-0.1, -0.05) is 18.2 Å². The van der Waals surface area contributed by atoms with Crippen molar-refractivity contribution in [3.05, 3.63) is 52.8 Å². The summed E-state index contributed by atoms with van der Waals surface area (Å²) in [5, 5.41) is 2.56. The number of nitrogen functional groups attached to an aromatic ring is 1. The molecular weight excluding hydrogens is 506 g/mol. The number of nitrogens with zero attached hydrogens (tertiary/aromatic N) is 2. The van der Waals surface area contributed by atoms with Crippen molar-refractivity contribution in [1.82, 2.24) is 14.6 Å². The highest BCUT2D eigenvalue weighted by Crippen LogP contribution is 2.46. The van der Waals surface area contributed by atoms with Gasteiger partial charge in [0, 0.05) is 12.9 Å². The van der Waals surface area contributed by atoms with Crippen LogP contribution < -0.4 is 21.0 Å². The number of thioether (sulfide) groups is 1. The molecule has 4 atom stereocenters. The fourth-order valence-corrected chi connectivity index (χ4v) is 5.43. The SMILES string of the molecule is COCCOC(=O)[C@H](C)NP(=O)(OC[C@@H]1O[C@H](n2cc(F)c(N)nc2=O)CS1)Oc1ccccc1. The van der Waals surface area contributed by atoms with Crippen LogP contribution in [0.15, 0.2) is 41.3 Å². The summed E-state index contributed by atoms with van der Waals surface area (Å²) in [6.45, 7) is 1.45. The van der Waals surface area contributed by atoms with Crippen LogP contribution in [0.3, 0.4) is 0 Å². The lowest BCUT2D eigenvalue weighted by Gasteiger charge is -2.24. The van der Waals surface area contributed by atoms with Crippen LogP contribution in [0.5, 0.6) is 5.75 Å². The number of esters is 1. The van der Waals surface area contributed by atoms with E-state index >= 15 is 0 Å². The van der Waals surface area contributed by atoms with Gasteiger partial charge in [-0.2, -0.15) is 10.1 Å². The maximum atomic E-state index is 13.8. The molecule has 0 bridgehead atoms. The van der Waals surface area contributed by atoms with Gasteiger partial charge in [0.2, 0.25) is 0 Å². The fraction of sp³-hybridized carbons (Fsp3) is 0.450. The van der Waals surface area contributed by atoms with Gasteiger partial charge in [-0.25, -0.2) is 13.8 Å². The zero-order chi connectivity index (χ0) is 25.4. The van der Waals surface area contributed by atoms with Crippen molar-refractivity contribution >= 4 is 31.3 Å². The molecule has 0 aliphatic carbocycles. The Kier molecular flexibility index (Phi) is 9.66. The molecule has 0 radical (unpaired) electrons. The summed E-state index contributed by atoms with van der Waals surface area (Å²) in [5.74, 6) is -1.51. The third kappa shape index (κ3) is 7.75. The number of anilines is 1. The number of carbonyl (C=O) groups excluding carboxylic acids is 1. The van der Waals surface area contributed by atoms with Crippen LogP contribution in [0.1, 0.15) is 13.2 Å². The zero-order valence-electron chi connectivity index (χ0n) is 19.0. The van der Waals surface area contributed by atoms with Gasteiger partial charge >= 0.3 is 19.4 Å². The van der Waals surface area contributed by atoms with Crippen molar-refractivity contribution in [3.8, 4) is 5.75 Å². The molecule has 1 unspecified atom stereocenters. The molecule has 1 aliphatic heterocycles. The van der Waals surface area contributed by atoms with Crippen LogP contribution in [0.25, 0.3) is 0 Å². The van der Waals surface area contributed by atoms with Crippen LogP contribution in [-0.2, 0) is 28.1 Å². The van der Waals surface area contributed by atoms with Crippen molar-refractivity contribution in [3.63, 3.8) is 0 Å². The van der Waals surface area contributed by atoms with E-state index in [1.54, 1.807) is 30.3 Å². The summed E-state index contributed by atoms with van der Waals surface area (Å²) in [6.07, 6.45) is 0.0850. The van der Waals surface area contributed by atoms with E-state index in [4.69, 9.17) is 29.0 Å². The molecule has 12 nitrogen and oxygen atoms in total. The van der Waals surface area contributed by atoms with Crippen molar-refractivity contribution in [2.24, 2.45) is 0 Å². The minimum Gasteiger partial charge on any atom is -0.462 e. The topological polar surface area (TPSA) is 153 Å². The minimum atomic E-state index is -4.09. The molecule has 192 valence electrons. The van der Waals surface area contributed by atoms with Gasteiger partial charge in [0.05, 0.1) is 19.4 Å². The Morgan fingerprint density at radius 1 is 1.40 bits per heavy atom. The monoisotopic (exact) mass is 532 g/mol. The summed E-state index contributed by atoms with van der Waals surface area (Å²) in [5.41, 5.74) is 3.87. The van der Waals surface area contributed by atoms with E-state index in [9.17, 15) is 18.5 Å². The summed E-state index contributed by atoms with van der Waals surface area (Å²) in [6, 6.07) is 7.23. The first-order valence-electron chi connectivity index (χ1n) is 10.4. The zero-order valence-corrected chi connectivity index (χ0v) is 20.7. The Morgan fingerprint density at radius 2 is 2.14 bits per heavy atom. The molecule has 1 aliphatic rings. The first-order chi connectivity index (χ1) is 16.7. The Hall–Kier alpha value is -2.48. The average molecular weight is 532 g/mol. The number of methoxy groups -OCH3 is 1. The first kappa shape index (κ1) is 27.1. The van der Waals surface area contributed by atoms with E-state index in [1.165, 1.54) is 25.8 Å². The number of rotatable bonds is 12. The summed E-state index contributed by atoms with van der Waals surface area (Å²) >= 11 is 1.25. The van der Waals surface area contributed by atoms with E-state index in [0.717, 1.165) is 10.8 Å². The second-order valence-electron chi connectivity index (χ2n) is 7.23. The van der Waals surface area contributed by atoms with Gasteiger partial charge in [0.1, 0.15) is 30.1 Å². The third-order valence-electron chi connectivity index (χ3n) is 4.56. The van der Waals surface area contributed by atoms with E-state index in [1.807, 2.05) is 0 Å². The molecule has 1 fully saturated rings. The standard InChI is InChI=1S/C20H26FN4O8PS/c1-13(19(26)30-9-8-29-2)24-34(28,33-14-6-4-3-5-7-14)31-11-17-32-16(12-35-17)25-10-15(21)18(22)23-20(25)27/h3-7,10,13,16-17H,8-9,11-12H2,1-2H3,(H,24,28)(H2,22,23,27)/t13-,16-,17+,34?/m0/s1. The normalized spacial score (nSPS) is 20.2. The average Bonchev–Trinajstić information content (AvgIpc) is 3.29. The van der Waals surface area contributed by atoms with Crippen molar-refractivity contribution in [2.75, 3.05) is 38.4 Å². The summed E-state index contributed by atoms with van der Waals surface area (Å²) in [4.78, 5) is 27.7. The minimum absolute atomic E-state index is 0.0277. The van der Waals surface area contributed by atoms with Crippen molar-refractivity contribution in [2.45, 2.75) is 24.6 Å². The third-order valence-corrected chi connectivity index (χ3v) is 7.30. The predicted molar refractivity (Wildman–Crippen MR) is 125 cm³/mol. The highest BCUT2D eigenvalue weighted by Gasteiger charge is 2.36. The van der Waals surface area contributed by atoms with Crippen LogP contribution in [0.4, 0.5) is 10.2 Å². The first-order valence-corrected chi connectivity index (χ1v) is 13.0. The lowest BCUT2D eigenvalue weighted by atomic mass is 10.3. The second-order valence-corrected chi connectivity index (χ2v) is 10.1. The number of carbonyl (C=O) groups is 1. The maximum Gasteiger partial charge on any atom is 0.459 e. The van der Waals surface area contributed by atoms with Crippen molar-refractivity contribution in [1.29, 1.82) is 0 Å². The predicted octanol–water partition coefficient (Wildman–Crippen LogP) is 1.92. The molecular formula is C20H26FN4O8PS. The Labute approximate surface area is 204 Å². The van der Waals surface area contributed by atoms with E-state index in [-0.39, 0.29) is 31.3 Å². The van der Waals surface area contributed by atoms with Crippen LogP contribution in [0, 0.1) is 5.82 Å². The fourth-order valence-electron chi connectivity index (χ4n) is 2.85. The number of benzene rings is 1. The molecule has 0 amide bonds. The van der Waals surface area contributed by atoms with Crippen LogP contribution in [-0.4, -0.2) is 59.7 Å². The number of hydrogen-bond acceptors (Lipinski definition) is 11. The number of ether oxygens (including phenoxy) is 3. The number of nitrogens with two attached hydrogens (primary N) is 1. The van der Waals surface area contributed by atoms with E-state index in [0.29, 0.717) is 0 Å². The molecule has 2 heterocycles. The molecule has 1 aromatic carbocycles. The lowest BCUT2D eigenvalue weighted by Crippen LogP contribution is -2.36. The van der Waals surface area contributed by atoms with Gasteiger partial charge in [-0.15, -0.1) is 11.8 Å². The van der Waals surface area contributed by atoms with Crippen LogP contribution in [0.2, 0.25) is 0 Å². The molecule has 2 aromatic rings. The molecule has 3 rings (SSSR count). The van der Waals surface area contributed by atoms with Crippen molar-refractivity contribution < 1.29 is 37.0 Å². The van der Waals surface area contributed by atoms with Crippen LogP contribution >= 0.6 is 19.5 Å². The molecule has 35 heavy (non-hydrogen) atoms. The van der Waals surface area contributed by atoms with E-state index in [2.05, 4.69) is 10.1 Å². The Bertz CT molecular complexity index is 1110. The van der Waals surface area contributed by atoms with Gasteiger partial charge in [0.25, 0.3) is 0 Å². The maximum absolute atomic E-state index is 13.8. The largest absolute Gasteiger partial charge is 0.462 e.